The maximum atomic E-state index is 5.70. The van der Waals surface area contributed by atoms with Crippen LogP contribution in [0.1, 0.15) is 11.4 Å². The monoisotopic (exact) mass is 234 g/mol. The number of hydrogen-bond acceptors (Lipinski definition) is 5. The van der Waals surface area contributed by atoms with E-state index in [9.17, 15) is 0 Å². The van der Waals surface area contributed by atoms with Crippen molar-refractivity contribution in [1.29, 1.82) is 0 Å². The van der Waals surface area contributed by atoms with E-state index in [1.165, 1.54) is 0 Å². The first kappa shape index (κ1) is 11.0. The second kappa shape index (κ2) is 5.05. The number of rotatable bonds is 4. The predicted octanol–water partition coefficient (Wildman–Crippen LogP) is 1.75. The van der Waals surface area contributed by atoms with Gasteiger partial charge in [0.15, 0.2) is 0 Å². The zero-order valence-electron chi connectivity index (χ0n) is 9.13. The van der Waals surface area contributed by atoms with Crippen LogP contribution in [-0.2, 0) is 13.1 Å². The van der Waals surface area contributed by atoms with Gasteiger partial charge in [0.2, 0.25) is 0 Å². The van der Waals surface area contributed by atoms with E-state index in [1.54, 1.807) is 23.6 Å². The molecule has 2 rings (SSSR count). The zero-order valence-corrected chi connectivity index (χ0v) is 9.94. The van der Waals surface area contributed by atoms with E-state index in [2.05, 4.69) is 20.2 Å². The molecule has 2 aromatic rings. The topological polar surface area (TPSA) is 55.0 Å². The van der Waals surface area contributed by atoms with Crippen LogP contribution in [-0.4, -0.2) is 21.9 Å². The van der Waals surface area contributed by atoms with E-state index >= 15 is 0 Å². The molecule has 0 spiro atoms. The van der Waals surface area contributed by atoms with E-state index in [0.717, 1.165) is 30.2 Å². The lowest BCUT2D eigenvalue weighted by atomic mass is 10.3. The van der Waals surface area contributed by atoms with Crippen molar-refractivity contribution in [2.24, 2.45) is 0 Å². The third-order valence-electron chi connectivity index (χ3n) is 2.19. The SMILES string of the molecule is CN(Cc1cscn1)Cc1cc(N)ccn1. The van der Waals surface area contributed by atoms with E-state index in [4.69, 9.17) is 5.73 Å². The van der Waals surface area contributed by atoms with Crippen molar-refractivity contribution in [3.8, 4) is 0 Å². The summed E-state index contributed by atoms with van der Waals surface area (Å²) in [6.45, 7) is 1.61. The van der Waals surface area contributed by atoms with Gasteiger partial charge in [-0.3, -0.25) is 9.88 Å². The minimum Gasteiger partial charge on any atom is -0.399 e. The standard InChI is InChI=1S/C11H14N4S/c1-15(6-11-7-16-8-14-11)5-10-4-9(12)2-3-13-10/h2-4,7-8H,5-6H2,1H3,(H2,12,13). The largest absolute Gasteiger partial charge is 0.399 e. The number of anilines is 1. The molecule has 0 amide bonds. The molecule has 2 N–H and O–H groups in total. The normalized spacial score (nSPS) is 10.9. The Balaban J connectivity index is 1.94. The smallest absolute Gasteiger partial charge is 0.0795 e. The van der Waals surface area contributed by atoms with Crippen LogP contribution in [0.2, 0.25) is 0 Å². The highest BCUT2D eigenvalue weighted by Gasteiger charge is 2.04. The summed E-state index contributed by atoms with van der Waals surface area (Å²) >= 11 is 1.62. The summed E-state index contributed by atoms with van der Waals surface area (Å²) in [6, 6.07) is 3.70. The quantitative estimate of drug-likeness (QED) is 0.875. The molecule has 16 heavy (non-hydrogen) atoms. The number of hydrogen-bond donors (Lipinski definition) is 1. The van der Waals surface area contributed by atoms with Gasteiger partial charge in [0.25, 0.3) is 0 Å². The fourth-order valence-corrected chi connectivity index (χ4v) is 2.06. The van der Waals surface area contributed by atoms with Gasteiger partial charge in [-0.2, -0.15) is 0 Å². The second-order valence-corrected chi connectivity index (χ2v) is 4.45. The molecule has 84 valence electrons. The van der Waals surface area contributed by atoms with Crippen LogP contribution >= 0.6 is 11.3 Å². The fraction of sp³-hybridized carbons (Fsp3) is 0.273. The molecule has 0 saturated heterocycles. The van der Waals surface area contributed by atoms with Crippen LogP contribution in [0.15, 0.2) is 29.2 Å². The van der Waals surface area contributed by atoms with Crippen molar-refractivity contribution in [2.45, 2.75) is 13.1 Å². The van der Waals surface area contributed by atoms with Gasteiger partial charge in [0.1, 0.15) is 0 Å². The summed E-state index contributed by atoms with van der Waals surface area (Å²) in [5.74, 6) is 0. The molecule has 0 radical (unpaired) electrons. The molecule has 0 atom stereocenters. The molecule has 4 nitrogen and oxygen atoms in total. The van der Waals surface area contributed by atoms with Crippen molar-refractivity contribution in [3.63, 3.8) is 0 Å². The van der Waals surface area contributed by atoms with E-state index in [-0.39, 0.29) is 0 Å². The maximum Gasteiger partial charge on any atom is 0.0795 e. The Bertz CT molecular complexity index is 441. The third-order valence-corrected chi connectivity index (χ3v) is 2.82. The Hall–Kier alpha value is -1.46. The van der Waals surface area contributed by atoms with Crippen molar-refractivity contribution in [3.05, 3.63) is 40.6 Å². The molecule has 5 heteroatoms. The molecule has 0 unspecified atom stereocenters. The van der Waals surface area contributed by atoms with Crippen LogP contribution in [0.25, 0.3) is 0 Å². The summed E-state index contributed by atoms with van der Waals surface area (Å²) in [5.41, 5.74) is 10.4. The average molecular weight is 234 g/mol. The fourth-order valence-electron chi connectivity index (χ4n) is 1.51. The number of nitrogens with two attached hydrogens (primary N) is 1. The second-order valence-electron chi connectivity index (χ2n) is 3.73. The first-order chi connectivity index (χ1) is 7.74. The first-order valence-corrected chi connectivity index (χ1v) is 5.94. The molecule has 0 aliphatic carbocycles. The summed E-state index contributed by atoms with van der Waals surface area (Å²) in [5, 5.41) is 2.06. The average Bonchev–Trinajstić information content (AvgIpc) is 2.70. The lowest BCUT2D eigenvalue weighted by molar-refractivity contribution is 0.312. The summed E-state index contributed by atoms with van der Waals surface area (Å²) < 4.78 is 0. The maximum absolute atomic E-state index is 5.70. The van der Waals surface area contributed by atoms with Crippen LogP contribution in [0.5, 0.6) is 0 Å². The summed E-state index contributed by atoms with van der Waals surface area (Å²) in [7, 11) is 2.05. The molecule has 0 aromatic carbocycles. The molecule has 0 fully saturated rings. The van der Waals surface area contributed by atoms with Gasteiger partial charge >= 0.3 is 0 Å². The highest BCUT2D eigenvalue weighted by molar-refractivity contribution is 7.07. The van der Waals surface area contributed by atoms with Gasteiger partial charge < -0.3 is 5.73 Å². The molecule has 2 heterocycles. The summed E-state index contributed by atoms with van der Waals surface area (Å²) in [4.78, 5) is 10.7. The zero-order chi connectivity index (χ0) is 11.4. The Morgan fingerprint density at radius 1 is 1.31 bits per heavy atom. The minimum atomic E-state index is 0.757. The molecule has 0 aliphatic rings. The molecule has 0 aliphatic heterocycles. The number of thiazole rings is 1. The number of aromatic nitrogens is 2. The summed E-state index contributed by atoms with van der Waals surface area (Å²) in [6.07, 6.45) is 1.74. The molecule has 0 saturated carbocycles. The van der Waals surface area contributed by atoms with Crippen LogP contribution in [0.4, 0.5) is 5.69 Å². The van der Waals surface area contributed by atoms with Gasteiger partial charge in [0, 0.05) is 30.4 Å². The highest BCUT2D eigenvalue weighted by atomic mass is 32.1. The van der Waals surface area contributed by atoms with Gasteiger partial charge in [-0.1, -0.05) is 0 Å². The van der Waals surface area contributed by atoms with E-state index in [1.807, 2.05) is 18.6 Å². The molecule has 2 aromatic heterocycles. The van der Waals surface area contributed by atoms with Crippen molar-refractivity contribution in [1.82, 2.24) is 14.9 Å². The van der Waals surface area contributed by atoms with Crippen LogP contribution in [0.3, 0.4) is 0 Å². The van der Waals surface area contributed by atoms with Gasteiger partial charge in [-0.25, -0.2) is 4.98 Å². The minimum absolute atomic E-state index is 0.757. The van der Waals surface area contributed by atoms with Crippen molar-refractivity contribution >= 4 is 17.0 Å². The van der Waals surface area contributed by atoms with Gasteiger partial charge in [-0.05, 0) is 19.2 Å². The van der Waals surface area contributed by atoms with E-state index < -0.39 is 0 Å². The molecular formula is C11H14N4S. The lowest BCUT2D eigenvalue weighted by Crippen LogP contribution is -2.18. The Morgan fingerprint density at radius 2 is 2.12 bits per heavy atom. The number of nitrogens with zero attached hydrogens (tertiary/aromatic N) is 3. The van der Waals surface area contributed by atoms with E-state index in [0.29, 0.717) is 0 Å². The number of pyridine rings is 1. The Kier molecular flexibility index (Phi) is 3.48. The number of nitrogen functional groups attached to an aromatic ring is 1. The van der Waals surface area contributed by atoms with Gasteiger partial charge in [-0.15, -0.1) is 11.3 Å². The highest BCUT2D eigenvalue weighted by Crippen LogP contribution is 2.08. The Labute approximate surface area is 98.8 Å². The third kappa shape index (κ3) is 3.01. The predicted molar refractivity (Wildman–Crippen MR) is 65.9 cm³/mol. The lowest BCUT2D eigenvalue weighted by Gasteiger charge is -2.14. The first-order valence-electron chi connectivity index (χ1n) is 5.00. The van der Waals surface area contributed by atoms with Gasteiger partial charge in [0.05, 0.1) is 16.9 Å². The Morgan fingerprint density at radius 3 is 2.81 bits per heavy atom. The van der Waals surface area contributed by atoms with Crippen molar-refractivity contribution in [2.75, 3.05) is 12.8 Å². The molecular weight excluding hydrogens is 220 g/mol. The molecule has 0 bridgehead atoms. The van der Waals surface area contributed by atoms with Crippen LogP contribution in [0, 0.1) is 0 Å². The van der Waals surface area contributed by atoms with Crippen molar-refractivity contribution < 1.29 is 0 Å². The van der Waals surface area contributed by atoms with Crippen LogP contribution < -0.4 is 5.73 Å².